The van der Waals surface area contributed by atoms with E-state index in [0.29, 0.717) is 17.9 Å². The lowest BCUT2D eigenvalue weighted by molar-refractivity contribution is -0.153. The van der Waals surface area contributed by atoms with Crippen LogP contribution >= 0.6 is 0 Å². The van der Waals surface area contributed by atoms with E-state index in [1.165, 1.54) is 0 Å². The van der Waals surface area contributed by atoms with Crippen molar-refractivity contribution < 1.29 is 19.7 Å². The Balaban J connectivity index is 2.08. The number of aliphatic hydroxyl groups excluding tert-OH is 2. The highest BCUT2D eigenvalue weighted by Gasteiger charge is 2.56. The summed E-state index contributed by atoms with van der Waals surface area (Å²) in [6.45, 7) is 4.43. The van der Waals surface area contributed by atoms with Crippen molar-refractivity contribution in [2.24, 2.45) is 16.7 Å². The second-order valence-electron chi connectivity index (χ2n) is 6.82. The monoisotopic (exact) mass is 266 g/mol. The first-order chi connectivity index (χ1) is 8.92. The molecule has 0 amide bonds. The van der Waals surface area contributed by atoms with Gasteiger partial charge in [0.1, 0.15) is 0 Å². The summed E-state index contributed by atoms with van der Waals surface area (Å²) in [6.07, 6.45) is 3.48. The van der Waals surface area contributed by atoms with Crippen molar-refractivity contribution in [2.45, 2.75) is 52.2 Å². The maximum Gasteiger partial charge on any atom is 0.336 e. The third-order valence-corrected chi connectivity index (χ3v) is 5.75. The molecule has 0 bridgehead atoms. The van der Waals surface area contributed by atoms with Gasteiger partial charge in [0.15, 0.2) is 0 Å². The van der Waals surface area contributed by atoms with Crippen LogP contribution in [-0.2, 0) is 9.53 Å². The molecule has 19 heavy (non-hydrogen) atoms. The third-order valence-electron chi connectivity index (χ3n) is 5.75. The number of cyclic esters (lactones) is 1. The van der Waals surface area contributed by atoms with Crippen LogP contribution in [0.15, 0.2) is 11.1 Å². The van der Waals surface area contributed by atoms with E-state index in [0.717, 1.165) is 31.3 Å². The van der Waals surface area contributed by atoms with Gasteiger partial charge >= 0.3 is 5.97 Å². The van der Waals surface area contributed by atoms with Crippen LogP contribution in [-0.4, -0.2) is 29.1 Å². The predicted octanol–water partition coefficient (Wildman–Crippen LogP) is 1.76. The highest BCUT2D eigenvalue weighted by atomic mass is 16.6. The van der Waals surface area contributed by atoms with Gasteiger partial charge in [-0.3, -0.25) is 0 Å². The molecule has 1 aliphatic heterocycles. The maximum atomic E-state index is 11.8. The molecule has 4 nitrogen and oxygen atoms in total. The summed E-state index contributed by atoms with van der Waals surface area (Å²) in [6, 6.07) is 0. The van der Waals surface area contributed by atoms with Crippen molar-refractivity contribution >= 4 is 5.97 Å². The zero-order valence-corrected chi connectivity index (χ0v) is 11.6. The number of carbonyl (C=O) groups excluding carboxylic acids is 1. The first-order valence-corrected chi connectivity index (χ1v) is 7.16. The highest BCUT2D eigenvalue weighted by Crippen LogP contribution is 2.61. The summed E-state index contributed by atoms with van der Waals surface area (Å²) in [5, 5.41) is 19.9. The van der Waals surface area contributed by atoms with E-state index in [2.05, 4.69) is 13.8 Å². The molecule has 106 valence electrons. The second kappa shape index (κ2) is 4.06. The molecule has 0 unspecified atom stereocenters. The minimum absolute atomic E-state index is 0.114. The molecule has 2 aliphatic carbocycles. The molecule has 0 aromatic carbocycles. The molecule has 2 N–H and O–H groups in total. The molecule has 0 spiro atoms. The van der Waals surface area contributed by atoms with E-state index in [4.69, 9.17) is 4.74 Å². The average molecular weight is 266 g/mol. The molecule has 1 heterocycles. The van der Waals surface area contributed by atoms with Crippen molar-refractivity contribution in [3.05, 3.63) is 11.1 Å². The zero-order valence-electron chi connectivity index (χ0n) is 11.6. The van der Waals surface area contributed by atoms with Crippen LogP contribution in [0.25, 0.3) is 0 Å². The summed E-state index contributed by atoms with van der Waals surface area (Å²) in [5.41, 5.74) is 1.16. The van der Waals surface area contributed by atoms with E-state index in [9.17, 15) is 15.0 Å². The molecule has 4 heteroatoms. The second-order valence-corrected chi connectivity index (χ2v) is 6.82. The largest absolute Gasteiger partial charge is 0.428 e. The fourth-order valence-corrected chi connectivity index (χ4v) is 4.80. The van der Waals surface area contributed by atoms with Gasteiger partial charge in [-0.15, -0.1) is 0 Å². The van der Waals surface area contributed by atoms with Gasteiger partial charge in [0, 0.05) is 17.8 Å². The van der Waals surface area contributed by atoms with Gasteiger partial charge in [-0.2, -0.15) is 0 Å². The Morgan fingerprint density at radius 3 is 2.79 bits per heavy atom. The van der Waals surface area contributed by atoms with Gasteiger partial charge < -0.3 is 14.9 Å². The fraction of sp³-hybridized carbons (Fsp3) is 0.800. The van der Waals surface area contributed by atoms with Crippen LogP contribution in [0.4, 0.5) is 0 Å². The first-order valence-electron chi connectivity index (χ1n) is 7.16. The normalized spacial score (nSPS) is 45.8. The maximum absolute atomic E-state index is 11.8. The quantitative estimate of drug-likeness (QED) is 0.710. The minimum atomic E-state index is -1.07. The molecular formula is C15H22O4. The van der Waals surface area contributed by atoms with Gasteiger partial charge in [0.25, 0.3) is 0 Å². The standard InChI is InChI=1S/C15H22O4/c1-14(8-16)6-3-7-15(2)10(14)5-4-9-11(15)13(18)19-12(9)17/h10,13,16,18H,3-8H2,1-2H3/t10-,13+,14-,15-/m0/s1. The molecular weight excluding hydrogens is 244 g/mol. The molecule has 3 rings (SSSR count). The van der Waals surface area contributed by atoms with Gasteiger partial charge in [-0.1, -0.05) is 20.3 Å². The van der Waals surface area contributed by atoms with Crippen molar-refractivity contribution in [1.82, 2.24) is 0 Å². The van der Waals surface area contributed by atoms with Crippen LogP contribution in [0.5, 0.6) is 0 Å². The molecule has 0 radical (unpaired) electrons. The van der Waals surface area contributed by atoms with Crippen LogP contribution in [0.2, 0.25) is 0 Å². The minimum Gasteiger partial charge on any atom is -0.428 e. The molecule has 0 saturated heterocycles. The van der Waals surface area contributed by atoms with Crippen molar-refractivity contribution in [3.8, 4) is 0 Å². The number of hydrogen-bond acceptors (Lipinski definition) is 4. The lowest BCUT2D eigenvalue weighted by Gasteiger charge is -2.54. The van der Waals surface area contributed by atoms with E-state index in [1.54, 1.807) is 0 Å². The van der Waals surface area contributed by atoms with E-state index < -0.39 is 6.29 Å². The Morgan fingerprint density at radius 2 is 2.11 bits per heavy atom. The van der Waals surface area contributed by atoms with Crippen LogP contribution in [0.3, 0.4) is 0 Å². The number of ether oxygens (including phenoxy) is 1. The lowest BCUT2D eigenvalue weighted by atomic mass is 9.50. The molecule has 3 aliphatic rings. The molecule has 0 aromatic heterocycles. The SMILES string of the molecule is C[C@@]1(CO)CCC[C@]2(C)C3=C(CC[C@@H]12)C(=O)O[C@H]3O. The van der Waals surface area contributed by atoms with Crippen molar-refractivity contribution in [1.29, 1.82) is 0 Å². The number of esters is 1. The van der Waals surface area contributed by atoms with E-state index in [1.807, 2.05) is 0 Å². The Labute approximate surface area is 113 Å². The number of fused-ring (bicyclic) bond motifs is 2. The number of hydrogen-bond donors (Lipinski definition) is 2. The first kappa shape index (κ1) is 13.1. The van der Waals surface area contributed by atoms with Crippen LogP contribution in [0, 0.1) is 16.7 Å². The molecule has 0 aromatic rings. The Morgan fingerprint density at radius 1 is 1.37 bits per heavy atom. The zero-order chi connectivity index (χ0) is 13.8. The molecule has 1 fully saturated rings. The number of carbonyl (C=O) groups is 1. The summed E-state index contributed by atoms with van der Waals surface area (Å²) in [4.78, 5) is 11.8. The Kier molecular flexibility index (Phi) is 2.81. The lowest BCUT2D eigenvalue weighted by Crippen LogP contribution is -2.49. The van der Waals surface area contributed by atoms with Crippen LogP contribution < -0.4 is 0 Å². The molecule has 4 atom stereocenters. The van der Waals surface area contributed by atoms with E-state index in [-0.39, 0.29) is 23.4 Å². The van der Waals surface area contributed by atoms with E-state index >= 15 is 0 Å². The summed E-state index contributed by atoms with van der Waals surface area (Å²) in [7, 11) is 0. The average Bonchev–Trinajstić information content (AvgIpc) is 2.65. The van der Waals surface area contributed by atoms with Crippen molar-refractivity contribution in [3.63, 3.8) is 0 Å². The van der Waals surface area contributed by atoms with Crippen LogP contribution in [0.1, 0.15) is 46.0 Å². The fourth-order valence-electron chi connectivity index (χ4n) is 4.80. The summed E-state index contributed by atoms with van der Waals surface area (Å²) < 4.78 is 5.00. The molecule has 1 saturated carbocycles. The van der Waals surface area contributed by atoms with Gasteiger partial charge in [-0.05, 0) is 42.4 Å². The van der Waals surface area contributed by atoms with Gasteiger partial charge in [-0.25, -0.2) is 4.79 Å². The smallest absolute Gasteiger partial charge is 0.336 e. The van der Waals surface area contributed by atoms with Gasteiger partial charge in [0.05, 0.1) is 0 Å². The summed E-state index contributed by atoms with van der Waals surface area (Å²) in [5.74, 6) is -0.0416. The predicted molar refractivity (Wildman–Crippen MR) is 69.0 cm³/mol. The number of aliphatic hydroxyl groups is 2. The van der Waals surface area contributed by atoms with Crippen molar-refractivity contribution in [2.75, 3.05) is 6.61 Å². The Bertz CT molecular complexity index is 455. The Hall–Kier alpha value is -0.870. The summed E-state index contributed by atoms with van der Waals surface area (Å²) >= 11 is 0. The van der Waals surface area contributed by atoms with Gasteiger partial charge in [0.2, 0.25) is 6.29 Å². The topological polar surface area (TPSA) is 66.8 Å². The number of rotatable bonds is 1. The third kappa shape index (κ3) is 1.62. The highest BCUT2D eigenvalue weighted by molar-refractivity contribution is 5.92.